The molecule has 1 aromatic carbocycles. The van der Waals surface area contributed by atoms with Crippen LogP contribution in [0.1, 0.15) is 33.6 Å². The number of rotatable bonds is 7. The number of methoxy groups -OCH3 is 1. The van der Waals surface area contributed by atoms with Crippen molar-refractivity contribution >= 4 is 11.9 Å². The van der Waals surface area contributed by atoms with Crippen molar-refractivity contribution in [2.75, 3.05) is 13.7 Å². The van der Waals surface area contributed by atoms with Crippen LogP contribution in [0.3, 0.4) is 0 Å². The van der Waals surface area contributed by atoms with E-state index in [4.69, 9.17) is 19.0 Å². The van der Waals surface area contributed by atoms with Crippen LogP contribution in [-0.2, 0) is 6.54 Å². The Morgan fingerprint density at radius 2 is 2.00 bits per heavy atom. The van der Waals surface area contributed by atoms with Gasteiger partial charge in [-0.15, -0.1) is 0 Å². The number of furan rings is 1. The molecule has 0 bridgehead atoms. The maximum absolute atomic E-state index is 12.1. The molecule has 0 unspecified atom stereocenters. The number of carboxylic acid groups (broad SMARTS) is 1. The number of amides is 1. The third-order valence-corrected chi connectivity index (χ3v) is 3.02. The van der Waals surface area contributed by atoms with E-state index in [1.807, 2.05) is 6.92 Å². The predicted molar refractivity (Wildman–Crippen MR) is 81.0 cm³/mol. The van der Waals surface area contributed by atoms with E-state index >= 15 is 0 Å². The number of hydrogen-bond donors (Lipinski definition) is 2. The monoisotopic (exact) mass is 319 g/mol. The molecule has 0 aliphatic carbocycles. The highest BCUT2D eigenvalue weighted by Crippen LogP contribution is 2.28. The predicted octanol–water partition coefficient (Wildman–Crippen LogP) is 2.32. The van der Waals surface area contributed by atoms with Crippen molar-refractivity contribution in [3.8, 4) is 11.5 Å². The van der Waals surface area contributed by atoms with Gasteiger partial charge in [-0.1, -0.05) is 0 Å². The van der Waals surface area contributed by atoms with Gasteiger partial charge in [-0.2, -0.15) is 0 Å². The maximum Gasteiger partial charge on any atom is 0.371 e. The maximum atomic E-state index is 12.1. The summed E-state index contributed by atoms with van der Waals surface area (Å²) in [6, 6.07) is 7.69. The lowest BCUT2D eigenvalue weighted by atomic mass is 10.2. The summed E-state index contributed by atoms with van der Waals surface area (Å²) >= 11 is 0. The molecule has 122 valence electrons. The normalized spacial score (nSPS) is 10.2. The summed E-state index contributed by atoms with van der Waals surface area (Å²) in [7, 11) is 1.50. The minimum atomic E-state index is -1.15. The molecule has 0 fully saturated rings. The van der Waals surface area contributed by atoms with Gasteiger partial charge in [0.2, 0.25) is 5.76 Å². The lowest BCUT2D eigenvalue weighted by molar-refractivity contribution is 0.0660. The molecule has 0 spiro atoms. The Hall–Kier alpha value is -2.96. The molecule has 0 radical (unpaired) electrons. The lowest BCUT2D eigenvalue weighted by Gasteiger charge is -2.11. The summed E-state index contributed by atoms with van der Waals surface area (Å²) in [4.78, 5) is 22.9. The van der Waals surface area contributed by atoms with E-state index in [-0.39, 0.29) is 18.2 Å². The molecular formula is C16H17NO6. The van der Waals surface area contributed by atoms with Gasteiger partial charge in [0, 0.05) is 5.56 Å². The Kier molecular flexibility index (Phi) is 5.24. The van der Waals surface area contributed by atoms with Gasteiger partial charge < -0.3 is 24.3 Å². The SMILES string of the molecule is CCOc1ccc(C(=O)NCc2ccc(C(=O)O)o2)cc1OC. The fourth-order valence-corrected chi connectivity index (χ4v) is 1.94. The number of carbonyl (C=O) groups excluding carboxylic acids is 1. The second-order valence-electron chi connectivity index (χ2n) is 4.55. The zero-order valence-electron chi connectivity index (χ0n) is 12.8. The van der Waals surface area contributed by atoms with Gasteiger partial charge in [0.05, 0.1) is 20.3 Å². The Labute approximate surface area is 132 Å². The highest BCUT2D eigenvalue weighted by Gasteiger charge is 2.13. The van der Waals surface area contributed by atoms with E-state index in [2.05, 4.69) is 5.32 Å². The molecule has 0 saturated carbocycles. The zero-order chi connectivity index (χ0) is 16.8. The smallest absolute Gasteiger partial charge is 0.371 e. The average Bonchev–Trinajstić information content (AvgIpc) is 3.02. The third kappa shape index (κ3) is 4.03. The fraction of sp³-hybridized carbons (Fsp3) is 0.250. The van der Waals surface area contributed by atoms with Gasteiger partial charge >= 0.3 is 5.97 Å². The summed E-state index contributed by atoms with van der Waals surface area (Å²) in [6.07, 6.45) is 0. The van der Waals surface area contributed by atoms with Crippen molar-refractivity contribution in [2.24, 2.45) is 0 Å². The summed E-state index contributed by atoms with van der Waals surface area (Å²) in [5.41, 5.74) is 0.398. The van der Waals surface area contributed by atoms with Gasteiger partial charge in [0.15, 0.2) is 11.5 Å². The van der Waals surface area contributed by atoms with Crippen molar-refractivity contribution in [3.63, 3.8) is 0 Å². The first kappa shape index (κ1) is 16.4. The van der Waals surface area contributed by atoms with Gasteiger partial charge in [-0.05, 0) is 37.3 Å². The van der Waals surface area contributed by atoms with E-state index in [0.717, 1.165) is 0 Å². The highest BCUT2D eigenvalue weighted by molar-refractivity contribution is 5.94. The standard InChI is InChI=1S/C16H17NO6/c1-3-22-12-6-4-10(8-14(12)21-2)15(18)17-9-11-5-7-13(23-11)16(19)20/h4-8H,3,9H2,1-2H3,(H,17,18)(H,19,20). The number of benzene rings is 1. The first-order chi connectivity index (χ1) is 11.0. The van der Waals surface area contributed by atoms with E-state index in [0.29, 0.717) is 29.4 Å². The van der Waals surface area contributed by atoms with Crippen molar-refractivity contribution in [2.45, 2.75) is 13.5 Å². The van der Waals surface area contributed by atoms with Crippen molar-refractivity contribution in [3.05, 3.63) is 47.4 Å². The van der Waals surface area contributed by atoms with E-state index in [1.54, 1.807) is 18.2 Å². The molecule has 0 saturated heterocycles. The van der Waals surface area contributed by atoms with Crippen molar-refractivity contribution in [1.29, 1.82) is 0 Å². The largest absolute Gasteiger partial charge is 0.493 e. The molecule has 7 heteroatoms. The van der Waals surface area contributed by atoms with Crippen molar-refractivity contribution in [1.82, 2.24) is 5.32 Å². The summed E-state index contributed by atoms with van der Waals surface area (Å²) in [5.74, 6) is -0.279. The molecule has 2 rings (SSSR count). The molecule has 1 heterocycles. The molecule has 1 amide bonds. The van der Waals surface area contributed by atoms with E-state index in [9.17, 15) is 9.59 Å². The number of aromatic carboxylic acids is 1. The zero-order valence-corrected chi connectivity index (χ0v) is 12.8. The first-order valence-electron chi connectivity index (χ1n) is 6.96. The van der Waals surface area contributed by atoms with Crippen LogP contribution in [0.15, 0.2) is 34.7 Å². The van der Waals surface area contributed by atoms with E-state index in [1.165, 1.54) is 19.2 Å². The summed E-state index contributed by atoms with van der Waals surface area (Å²) in [6.45, 7) is 2.43. The van der Waals surface area contributed by atoms with Crippen molar-refractivity contribution < 1.29 is 28.6 Å². The summed E-state index contributed by atoms with van der Waals surface area (Å²) < 4.78 is 15.7. The van der Waals surface area contributed by atoms with Crippen LogP contribution >= 0.6 is 0 Å². The minimum Gasteiger partial charge on any atom is -0.493 e. The number of ether oxygens (including phenoxy) is 2. The molecule has 0 aliphatic heterocycles. The quantitative estimate of drug-likeness (QED) is 0.812. The highest BCUT2D eigenvalue weighted by atomic mass is 16.5. The third-order valence-electron chi connectivity index (χ3n) is 3.02. The molecule has 7 nitrogen and oxygen atoms in total. The topological polar surface area (TPSA) is 98.0 Å². The van der Waals surface area contributed by atoms with Crippen LogP contribution in [0, 0.1) is 0 Å². The Balaban J connectivity index is 2.03. The molecular weight excluding hydrogens is 302 g/mol. The van der Waals surface area contributed by atoms with Crippen LogP contribution in [0.4, 0.5) is 0 Å². The molecule has 0 atom stereocenters. The first-order valence-corrected chi connectivity index (χ1v) is 6.96. The molecule has 23 heavy (non-hydrogen) atoms. The van der Waals surface area contributed by atoms with Crippen LogP contribution < -0.4 is 14.8 Å². The lowest BCUT2D eigenvalue weighted by Crippen LogP contribution is -2.22. The van der Waals surface area contributed by atoms with Gasteiger partial charge in [0.1, 0.15) is 5.76 Å². The molecule has 0 aliphatic rings. The number of carboxylic acids is 1. The van der Waals surface area contributed by atoms with Gasteiger partial charge in [-0.3, -0.25) is 4.79 Å². The summed E-state index contributed by atoms with van der Waals surface area (Å²) in [5, 5.41) is 11.4. The van der Waals surface area contributed by atoms with Crippen LogP contribution in [0.2, 0.25) is 0 Å². The van der Waals surface area contributed by atoms with Gasteiger partial charge in [0.25, 0.3) is 5.91 Å². The Morgan fingerprint density at radius 3 is 2.61 bits per heavy atom. The Morgan fingerprint density at radius 1 is 1.22 bits per heavy atom. The van der Waals surface area contributed by atoms with Crippen LogP contribution in [0.5, 0.6) is 11.5 Å². The molecule has 1 aromatic heterocycles. The van der Waals surface area contributed by atoms with Crippen LogP contribution in [-0.4, -0.2) is 30.7 Å². The minimum absolute atomic E-state index is 0.0850. The van der Waals surface area contributed by atoms with Crippen LogP contribution in [0.25, 0.3) is 0 Å². The number of carbonyl (C=O) groups is 2. The second-order valence-corrected chi connectivity index (χ2v) is 4.55. The van der Waals surface area contributed by atoms with Gasteiger partial charge in [-0.25, -0.2) is 4.79 Å². The molecule has 2 aromatic rings. The Bertz CT molecular complexity index is 706. The number of hydrogen-bond acceptors (Lipinski definition) is 5. The fourth-order valence-electron chi connectivity index (χ4n) is 1.94. The second kappa shape index (κ2) is 7.35. The number of nitrogens with one attached hydrogen (secondary N) is 1. The van der Waals surface area contributed by atoms with E-state index < -0.39 is 5.97 Å². The molecule has 2 N–H and O–H groups in total. The average molecular weight is 319 g/mol.